The number of fused-ring (bicyclic) bond motifs is 1. The summed E-state index contributed by atoms with van der Waals surface area (Å²) in [4.78, 5) is 24.0. The van der Waals surface area contributed by atoms with Crippen LogP contribution in [0.5, 0.6) is 11.6 Å². The third-order valence-electron chi connectivity index (χ3n) is 4.90. The molecule has 3 heterocycles. The van der Waals surface area contributed by atoms with Crippen molar-refractivity contribution in [3.05, 3.63) is 30.6 Å². The molecule has 2 aliphatic rings. The normalized spacial score (nSPS) is 15.3. The molecule has 2 aliphatic carbocycles. The first-order valence-corrected chi connectivity index (χ1v) is 10.2. The Bertz CT molecular complexity index is 1040. The number of hydrogen-bond donors (Lipinski definition) is 3. The van der Waals surface area contributed by atoms with Crippen molar-refractivity contribution in [3.8, 4) is 22.8 Å². The average molecular weight is 409 g/mol. The summed E-state index contributed by atoms with van der Waals surface area (Å²) in [6.07, 6.45) is 7.91. The summed E-state index contributed by atoms with van der Waals surface area (Å²) in [5, 5.41) is 6.55. The summed E-state index contributed by atoms with van der Waals surface area (Å²) < 4.78 is 11.6. The molecule has 0 atom stereocenters. The number of ether oxygens (including phenoxy) is 2. The molecule has 158 valence electrons. The van der Waals surface area contributed by atoms with Crippen molar-refractivity contribution in [1.82, 2.24) is 20.3 Å². The molecule has 1 amide bonds. The van der Waals surface area contributed by atoms with Crippen LogP contribution < -0.4 is 20.1 Å². The minimum atomic E-state index is 0.0441. The van der Waals surface area contributed by atoms with Crippen LogP contribution in [0.2, 0.25) is 0 Å². The molecule has 0 saturated heterocycles. The van der Waals surface area contributed by atoms with E-state index in [0.29, 0.717) is 17.3 Å². The van der Waals surface area contributed by atoms with Crippen molar-refractivity contribution in [2.45, 2.75) is 31.8 Å². The van der Waals surface area contributed by atoms with Crippen LogP contribution in [0, 0.1) is 5.92 Å². The molecule has 8 nitrogen and oxygen atoms in total. The maximum atomic E-state index is 12.0. The lowest BCUT2D eigenvalue weighted by Gasteiger charge is -2.13. The Balaban J connectivity index is 0.000000687. The molecule has 0 aliphatic heterocycles. The molecule has 30 heavy (non-hydrogen) atoms. The number of methoxy groups -OCH3 is 1. The second-order valence-electron chi connectivity index (χ2n) is 7.57. The third-order valence-corrected chi connectivity index (χ3v) is 4.90. The molecule has 0 radical (unpaired) electrons. The number of carbonyl (C=O) groups excluding carboxylic acids is 1. The monoisotopic (exact) mass is 409 g/mol. The van der Waals surface area contributed by atoms with Gasteiger partial charge in [0.25, 0.3) is 0 Å². The van der Waals surface area contributed by atoms with Crippen LogP contribution in [-0.4, -0.2) is 48.2 Å². The summed E-state index contributed by atoms with van der Waals surface area (Å²) >= 11 is 0. The number of nitrogens with zero attached hydrogens (tertiary/aromatic N) is 2. The van der Waals surface area contributed by atoms with Gasteiger partial charge in [-0.1, -0.05) is 0 Å². The number of anilines is 1. The lowest BCUT2D eigenvalue weighted by Crippen LogP contribution is -2.14. The molecular weight excluding hydrogens is 382 g/mol. The number of rotatable bonds is 6. The molecule has 8 heteroatoms. The maximum absolute atomic E-state index is 12.0. The van der Waals surface area contributed by atoms with Gasteiger partial charge in [0.05, 0.1) is 18.8 Å². The first-order valence-electron chi connectivity index (χ1n) is 10.2. The summed E-state index contributed by atoms with van der Waals surface area (Å²) in [5.74, 6) is 2.02. The first-order chi connectivity index (χ1) is 14.6. The largest absolute Gasteiger partial charge is 0.490 e. The van der Waals surface area contributed by atoms with Crippen LogP contribution in [0.15, 0.2) is 30.6 Å². The third kappa shape index (κ3) is 4.38. The van der Waals surface area contributed by atoms with E-state index < -0.39 is 0 Å². The van der Waals surface area contributed by atoms with E-state index in [1.54, 1.807) is 13.3 Å². The van der Waals surface area contributed by atoms with Crippen molar-refractivity contribution in [1.29, 1.82) is 0 Å². The quantitative estimate of drug-likeness (QED) is 0.577. The van der Waals surface area contributed by atoms with E-state index in [0.717, 1.165) is 47.9 Å². The van der Waals surface area contributed by atoms with Crippen LogP contribution in [0.1, 0.15) is 25.7 Å². The molecule has 3 N–H and O–H groups in total. The molecule has 2 fully saturated rings. The number of nitrogens with one attached hydrogen (secondary N) is 3. The van der Waals surface area contributed by atoms with Crippen molar-refractivity contribution >= 4 is 22.8 Å². The van der Waals surface area contributed by atoms with E-state index in [2.05, 4.69) is 25.6 Å². The van der Waals surface area contributed by atoms with Gasteiger partial charge in [0, 0.05) is 29.3 Å². The van der Waals surface area contributed by atoms with E-state index in [1.165, 1.54) is 0 Å². The van der Waals surface area contributed by atoms with Gasteiger partial charge < -0.3 is 25.1 Å². The molecular formula is C22H27N5O3. The summed E-state index contributed by atoms with van der Waals surface area (Å²) in [7, 11) is 5.35. The summed E-state index contributed by atoms with van der Waals surface area (Å²) in [5.41, 5.74) is 2.43. The molecule has 5 rings (SSSR count). The summed E-state index contributed by atoms with van der Waals surface area (Å²) in [6.45, 7) is 0. The molecule has 2 saturated carbocycles. The lowest BCUT2D eigenvalue weighted by atomic mass is 10.1. The van der Waals surface area contributed by atoms with Gasteiger partial charge in [-0.2, -0.15) is 0 Å². The van der Waals surface area contributed by atoms with E-state index in [4.69, 9.17) is 9.47 Å². The van der Waals surface area contributed by atoms with Crippen LogP contribution in [0.3, 0.4) is 0 Å². The van der Waals surface area contributed by atoms with Crippen molar-refractivity contribution < 1.29 is 14.3 Å². The minimum Gasteiger partial charge on any atom is -0.490 e. The standard InChI is InChI=1S/C20H20N4O3.C2H7N/c1-26-20-17(15(8-9-21-20)27-12-4-5-12)14-10-22-18-13(14)6-7-16(23-18)24-19(25)11-2-3-11;1-3-2/h6-12H,2-5H2,1H3,(H2,22,23,24,25);3H,1-2H3. The Morgan fingerprint density at radius 1 is 1.17 bits per heavy atom. The fourth-order valence-electron chi connectivity index (χ4n) is 3.15. The van der Waals surface area contributed by atoms with Gasteiger partial charge >= 0.3 is 0 Å². The second kappa shape index (κ2) is 8.71. The fraction of sp³-hybridized carbons (Fsp3) is 0.409. The number of amides is 1. The van der Waals surface area contributed by atoms with Gasteiger partial charge in [0.1, 0.15) is 17.2 Å². The Hall–Kier alpha value is -3.13. The zero-order valence-corrected chi connectivity index (χ0v) is 17.5. The number of aromatic amines is 1. The zero-order chi connectivity index (χ0) is 21.1. The second-order valence-corrected chi connectivity index (χ2v) is 7.57. The fourth-order valence-corrected chi connectivity index (χ4v) is 3.15. The van der Waals surface area contributed by atoms with Crippen LogP contribution >= 0.6 is 0 Å². The number of hydrogen-bond acceptors (Lipinski definition) is 6. The highest BCUT2D eigenvalue weighted by Gasteiger charge is 2.30. The van der Waals surface area contributed by atoms with Crippen molar-refractivity contribution in [2.24, 2.45) is 5.92 Å². The number of pyridine rings is 2. The number of aromatic nitrogens is 3. The Morgan fingerprint density at radius 3 is 2.60 bits per heavy atom. The Morgan fingerprint density at radius 2 is 1.93 bits per heavy atom. The highest BCUT2D eigenvalue weighted by Crippen LogP contribution is 2.42. The van der Waals surface area contributed by atoms with Crippen LogP contribution in [0.25, 0.3) is 22.2 Å². The van der Waals surface area contributed by atoms with Gasteiger partial charge in [-0.05, 0) is 58.0 Å². The number of carbonyl (C=O) groups is 1. The highest BCUT2D eigenvalue weighted by atomic mass is 16.5. The lowest BCUT2D eigenvalue weighted by molar-refractivity contribution is -0.117. The van der Waals surface area contributed by atoms with Crippen LogP contribution in [0.4, 0.5) is 5.82 Å². The van der Waals surface area contributed by atoms with Gasteiger partial charge in [0.15, 0.2) is 0 Å². The van der Waals surface area contributed by atoms with Gasteiger partial charge in [-0.25, -0.2) is 9.97 Å². The van der Waals surface area contributed by atoms with Gasteiger partial charge in [-0.15, -0.1) is 0 Å². The van der Waals surface area contributed by atoms with E-state index in [-0.39, 0.29) is 17.9 Å². The van der Waals surface area contributed by atoms with Crippen molar-refractivity contribution in [2.75, 3.05) is 26.5 Å². The molecule has 3 aromatic heterocycles. The predicted molar refractivity (Wildman–Crippen MR) is 116 cm³/mol. The SMILES string of the molecule is CNC.COc1nccc(OC2CC2)c1-c1c[nH]c2nc(NC(=O)C3CC3)ccc12. The van der Waals surface area contributed by atoms with Crippen LogP contribution in [-0.2, 0) is 4.79 Å². The molecule has 0 bridgehead atoms. The molecule has 0 spiro atoms. The first kappa shape index (κ1) is 20.2. The number of H-pyrrole nitrogens is 1. The topological polar surface area (TPSA) is 101 Å². The summed E-state index contributed by atoms with van der Waals surface area (Å²) in [6, 6.07) is 5.64. The average Bonchev–Trinajstić information content (AvgIpc) is 3.67. The Kier molecular flexibility index (Phi) is 5.85. The van der Waals surface area contributed by atoms with E-state index in [1.807, 2.05) is 38.5 Å². The minimum absolute atomic E-state index is 0.0441. The van der Waals surface area contributed by atoms with E-state index in [9.17, 15) is 4.79 Å². The smallest absolute Gasteiger partial charge is 0.228 e. The zero-order valence-electron chi connectivity index (χ0n) is 17.5. The van der Waals surface area contributed by atoms with E-state index >= 15 is 0 Å². The predicted octanol–water partition coefficient (Wildman–Crippen LogP) is 3.36. The maximum Gasteiger partial charge on any atom is 0.228 e. The molecule has 0 aromatic carbocycles. The highest BCUT2D eigenvalue weighted by molar-refractivity contribution is 5.99. The van der Waals surface area contributed by atoms with Gasteiger partial charge in [-0.3, -0.25) is 4.79 Å². The molecule has 3 aromatic rings. The van der Waals surface area contributed by atoms with Crippen molar-refractivity contribution in [3.63, 3.8) is 0 Å². The van der Waals surface area contributed by atoms with Gasteiger partial charge in [0.2, 0.25) is 11.8 Å². The Labute approximate surface area is 175 Å². The molecule has 0 unspecified atom stereocenters.